The number of carbonyl (C=O) groups excluding carboxylic acids is 2. The number of rotatable bonds is 10. The number of hydrogen-bond donors (Lipinski definition) is 3. The Morgan fingerprint density at radius 1 is 1.04 bits per heavy atom. The van der Waals surface area contributed by atoms with Crippen LogP contribution in [-0.2, 0) is 11.4 Å². The zero-order valence-corrected chi connectivity index (χ0v) is 25.9. The molecule has 5 rings (SSSR count). The molecule has 0 aliphatic heterocycles. The number of nitrogens with zero attached hydrogens (tertiary/aromatic N) is 1. The zero-order chi connectivity index (χ0) is 31.9. The number of benzene rings is 2. The summed E-state index contributed by atoms with van der Waals surface area (Å²) in [4.78, 5) is 42.8. The first kappa shape index (κ1) is 32.2. The van der Waals surface area contributed by atoms with Crippen LogP contribution in [0.15, 0.2) is 63.3 Å². The molecule has 2 atom stereocenters. The van der Waals surface area contributed by atoms with Gasteiger partial charge in [0.15, 0.2) is 11.5 Å². The molecule has 2 aliphatic carbocycles. The van der Waals surface area contributed by atoms with E-state index in [0.29, 0.717) is 40.0 Å². The number of methoxy groups -OCH3 is 1. The van der Waals surface area contributed by atoms with Crippen molar-refractivity contribution >= 4 is 22.8 Å². The minimum absolute atomic E-state index is 0.0339. The molecule has 0 spiro atoms. The summed E-state index contributed by atoms with van der Waals surface area (Å²) >= 11 is 0. The maximum atomic E-state index is 14.5. The molecule has 0 radical (unpaired) electrons. The molecule has 2 amide bonds. The second-order valence-electron chi connectivity index (χ2n) is 11.9. The van der Waals surface area contributed by atoms with Gasteiger partial charge in [-0.2, -0.15) is 0 Å². The molecule has 2 aromatic carbocycles. The number of aliphatic hydroxyl groups excluding tert-OH is 2. The van der Waals surface area contributed by atoms with Crippen LogP contribution in [-0.4, -0.2) is 65.4 Å². The van der Waals surface area contributed by atoms with Gasteiger partial charge >= 0.3 is 5.63 Å². The molecule has 10 heteroatoms. The van der Waals surface area contributed by atoms with Gasteiger partial charge in [-0.25, -0.2) is 4.79 Å². The summed E-state index contributed by atoms with van der Waals surface area (Å²) in [5, 5.41) is 22.4. The Balaban J connectivity index is 1.55. The van der Waals surface area contributed by atoms with Crippen LogP contribution in [0.4, 0.5) is 0 Å². The number of aliphatic hydroxyl groups is 2. The van der Waals surface area contributed by atoms with E-state index in [2.05, 4.69) is 5.32 Å². The minimum Gasteiger partial charge on any atom is -0.493 e. The molecule has 3 N–H and O–H groups in total. The van der Waals surface area contributed by atoms with Crippen LogP contribution >= 0.6 is 0 Å². The lowest BCUT2D eigenvalue weighted by Crippen LogP contribution is -2.51. The first-order chi connectivity index (χ1) is 21.8. The van der Waals surface area contributed by atoms with Gasteiger partial charge in [0, 0.05) is 36.0 Å². The molecule has 1 heterocycles. The Kier molecular flexibility index (Phi) is 10.6. The first-order valence-electron chi connectivity index (χ1n) is 15.7. The molecule has 45 heavy (non-hydrogen) atoms. The molecular formula is C35H42N2O8. The van der Waals surface area contributed by atoms with Crippen molar-refractivity contribution in [3.05, 3.63) is 81.2 Å². The van der Waals surface area contributed by atoms with Crippen molar-refractivity contribution in [3.63, 3.8) is 0 Å². The molecule has 240 valence electrons. The van der Waals surface area contributed by atoms with Crippen molar-refractivity contribution in [2.75, 3.05) is 20.3 Å². The van der Waals surface area contributed by atoms with Crippen molar-refractivity contribution in [1.82, 2.24) is 10.2 Å². The van der Waals surface area contributed by atoms with E-state index in [9.17, 15) is 24.6 Å². The quantitative estimate of drug-likeness (QED) is 0.224. The fraction of sp³-hybridized carbons (Fsp3) is 0.457. The number of aryl methyl sites for hydroxylation is 1. The summed E-state index contributed by atoms with van der Waals surface area (Å²) in [7, 11) is 1.53. The van der Waals surface area contributed by atoms with Gasteiger partial charge in [0.05, 0.1) is 20.3 Å². The average Bonchev–Trinajstić information content (AvgIpc) is 3.33. The summed E-state index contributed by atoms with van der Waals surface area (Å²) in [6.45, 7) is 1.58. The Morgan fingerprint density at radius 3 is 2.51 bits per heavy atom. The minimum atomic E-state index is -0.693. The predicted octanol–water partition coefficient (Wildman–Crippen LogP) is 4.41. The number of amides is 2. The topological polar surface area (TPSA) is 139 Å². The van der Waals surface area contributed by atoms with Gasteiger partial charge < -0.3 is 34.3 Å². The van der Waals surface area contributed by atoms with E-state index in [0.717, 1.165) is 44.1 Å². The third-order valence-corrected chi connectivity index (χ3v) is 8.73. The van der Waals surface area contributed by atoms with Gasteiger partial charge in [-0.05, 0) is 67.7 Å². The Hall–Kier alpha value is -4.15. The van der Waals surface area contributed by atoms with Gasteiger partial charge in [0.25, 0.3) is 5.91 Å². The normalized spacial score (nSPS) is 19.0. The molecule has 3 aromatic rings. The van der Waals surface area contributed by atoms with E-state index >= 15 is 0 Å². The van der Waals surface area contributed by atoms with Crippen LogP contribution in [0.3, 0.4) is 0 Å². The number of nitrogens with one attached hydrogen (secondary N) is 1. The van der Waals surface area contributed by atoms with Gasteiger partial charge in [-0.3, -0.25) is 9.59 Å². The molecule has 1 aromatic heterocycles. The second kappa shape index (κ2) is 14.8. The average molecular weight is 619 g/mol. The first-order valence-corrected chi connectivity index (χ1v) is 15.7. The van der Waals surface area contributed by atoms with E-state index in [1.165, 1.54) is 7.11 Å². The van der Waals surface area contributed by atoms with Crippen LogP contribution < -0.4 is 20.4 Å². The number of para-hydroxylation sites is 1. The van der Waals surface area contributed by atoms with E-state index in [1.54, 1.807) is 36.4 Å². The van der Waals surface area contributed by atoms with Crippen molar-refractivity contribution in [3.8, 4) is 11.5 Å². The SMILES string of the molecule is COc1cc(CO)cc(C)c1OC1C=C(C(=O)NCCO)CC(N(C(=O)c2cc3ccccc3oc2=O)C2CCCCCC2)C1. The molecule has 1 saturated carbocycles. The van der Waals surface area contributed by atoms with Crippen LogP contribution in [0.2, 0.25) is 0 Å². The van der Waals surface area contributed by atoms with Crippen LogP contribution in [0.1, 0.15) is 72.9 Å². The Labute approximate surface area is 262 Å². The third kappa shape index (κ3) is 7.40. The van der Waals surface area contributed by atoms with Gasteiger partial charge in [0.1, 0.15) is 17.3 Å². The lowest BCUT2D eigenvalue weighted by Gasteiger charge is -2.41. The van der Waals surface area contributed by atoms with E-state index < -0.39 is 23.7 Å². The monoisotopic (exact) mass is 618 g/mol. The fourth-order valence-electron chi connectivity index (χ4n) is 6.59. The highest BCUT2D eigenvalue weighted by molar-refractivity contribution is 5.97. The van der Waals surface area contributed by atoms with Gasteiger partial charge in [0.2, 0.25) is 5.91 Å². The number of hydrogen-bond acceptors (Lipinski definition) is 8. The molecule has 2 aliphatic rings. The highest BCUT2D eigenvalue weighted by atomic mass is 16.5. The predicted molar refractivity (Wildman–Crippen MR) is 169 cm³/mol. The Bertz CT molecular complexity index is 1600. The number of carbonyl (C=O) groups is 2. The zero-order valence-electron chi connectivity index (χ0n) is 25.9. The van der Waals surface area contributed by atoms with Crippen molar-refractivity contribution in [2.45, 2.75) is 83.1 Å². The molecule has 0 saturated heterocycles. The van der Waals surface area contributed by atoms with E-state index in [-0.39, 0.29) is 43.7 Å². The van der Waals surface area contributed by atoms with Crippen LogP contribution in [0.5, 0.6) is 11.5 Å². The van der Waals surface area contributed by atoms with Crippen molar-refractivity contribution in [2.24, 2.45) is 0 Å². The standard InChI is InChI=1S/C35H42N2O8/c1-22-15-23(21-39)16-31(43-2)32(22)44-28-18-25(33(40)36-13-14-38)17-27(20-28)37(26-10-5-3-4-6-11-26)34(41)29-19-24-9-7-8-12-30(24)45-35(29)42/h7-9,12,15-16,18-19,26-28,38-39H,3-6,10-11,13-14,17,20-21H2,1-2H3,(H,36,40). The highest BCUT2D eigenvalue weighted by Crippen LogP contribution is 2.37. The summed E-state index contributed by atoms with van der Waals surface area (Å²) in [6, 6.07) is 11.6. The third-order valence-electron chi connectivity index (χ3n) is 8.73. The summed E-state index contributed by atoms with van der Waals surface area (Å²) in [5.41, 5.74) is 1.55. The van der Waals surface area contributed by atoms with Crippen LogP contribution in [0, 0.1) is 6.92 Å². The van der Waals surface area contributed by atoms with Crippen LogP contribution in [0.25, 0.3) is 11.0 Å². The van der Waals surface area contributed by atoms with Crippen molar-refractivity contribution in [1.29, 1.82) is 0 Å². The highest BCUT2D eigenvalue weighted by Gasteiger charge is 2.38. The molecule has 2 unspecified atom stereocenters. The lowest BCUT2D eigenvalue weighted by atomic mass is 9.88. The maximum absolute atomic E-state index is 14.5. The van der Waals surface area contributed by atoms with Gasteiger partial charge in [-0.15, -0.1) is 0 Å². The van der Waals surface area contributed by atoms with E-state index in [1.807, 2.05) is 24.0 Å². The van der Waals surface area contributed by atoms with E-state index in [4.69, 9.17) is 13.9 Å². The molecule has 10 nitrogen and oxygen atoms in total. The number of fused-ring (bicyclic) bond motifs is 1. The molecular weight excluding hydrogens is 576 g/mol. The van der Waals surface area contributed by atoms with Gasteiger partial charge in [-0.1, -0.05) is 43.9 Å². The fourth-order valence-corrected chi connectivity index (χ4v) is 6.59. The maximum Gasteiger partial charge on any atom is 0.349 e. The molecule has 0 bridgehead atoms. The largest absolute Gasteiger partial charge is 0.493 e. The summed E-state index contributed by atoms with van der Waals surface area (Å²) in [5.74, 6) is 0.170. The number of ether oxygens (including phenoxy) is 2. The summed E-state index contributed by atoms with van der Waals surface area (Å²) < 4.78 is 17.7. The lowest BCUT2D eigenvalue weighted by molar-refractivity contribution is -0.118. The second-order valence-corrected chi connectivity index (χ2v) is 11.9. The summed E-state index contributed by atoms with van der Waals surface area (Å²) in [6.07, 6.45) is 7.44. The smallest absolute Gasteiger partial charge is 0.349 e. The molecule has 1 fully saturated rings. The Morgan fingerprint density at radius 2 is 1.80 bits per heavy atom. The van der Waals surface area contributed by atoms with Crippen molar-refractivity contribution < 1.29 is 33.7 Å².